The fourth-order valence-electron chi connectivity index (χ4n) is 2.35. The van der Waals surface area contributed by atoms with Gasteiger partial charge in [0, 0.05) is 19.0 Å². The third kappa shape index (κ3) is 3.49. The molecule has 1 aliphatic carbocycles. The third-order valence-electron chi connectivity index (χ3n) is 3.69. The summed E-state index contributed by atoms with van der Waals surface area (Å²) in [4.78, 5) is 11.5. The zero-order chi connectivity index (χ0) is 10.5. The van der Waals surface area contributed by atoms with Crippen molar-refractivity contribution < 1.29 is 4.79 Å². The molecule has 2 rings (SSSR count). The van der Waals surface area contributed by atoms with Gasteiger partial charge in [0.2, 0.25) is 5.91 Å². The summed E-state index contributed by atoms with van der Waals surface area (Å²) in [6, 6.07) is 0.597. The van der Waals surface area contributed by atoms with Gasteiger partial charge in [-0.25, -0.2) is 0 Å². The summed E-state index contributed by atoms with van der Waals surface area (Å²) in [5, 5.41) is 6.46. The van der Waals surface area contributed by atoms with Crippen molar-refractivity contribution in [1.82, 2.24) is 10.6 Å². The predicted molar refractivity (Wildman–Crippen MR) is 60.6 cm³/mol. The van der Waals surface area contributed by atoms with Gasteiger partial charge in [-0.3, -0.25) is 4.79 Å². The average Bonchev–Trinajstić information content (AvgIpc) is 2.64. The molecular weight excluding hydrogens is 188 g/mol. The first-order valence-corrected chi connectivity index (χ1v) is 6.34. The van der Waals surface area contributed by atoms with Crippen LogP contribution < -0.4 is 10.6 Å². The monoisotopic (exact) mass is 210 g/mol. The van der Waals surface area contributed by atoms with Gasteiger partial charge >= 0.3 is 0 Å². The molecule has 3 nitrogen and oxygen atoms in total. The van der Waals surface area contributed by atoms with Gasteiger partial charge in [-0.05, 0) is 44.6 Å². The Morgan fingerprint density at radius 1 is 1.27 bits per heavy atom. The van der Waals surface area contributed by atoms with E-state index < -0.39 is 0 Å². The molecule has 1 unspecified atom stereocenters. The number of nitrogens with one attached hydrogen (secondary N) is 2. The smallest absolute Gasteiger partial charge is 0.220 e. The minimum atomic E-state index is 0.246. The zero-order valence-electron chi connectivity index (χ0n) is 9.43. The Balaban J connectivity index is 1.51. The first-order chi connectivity index (χ1) is 7.34. The fraction of sp³-hybridized carbons (Fsp3) is 0.917. The molecule has 0 bridgehead atoms. The molecule has 2 aliphatic rings. The molecule has 1 aliphatic heterocycles. The van der Waals surface area contributed by atoms with Crippen LogP contribution in [0.2, 0.25) is 0 Å². The third-order valence-corrected chi connectivity index (χ3v) is 3.69. The van der Waals surface area contributed by atoms with Crippen LogP contribution in [0.3, 0.4) is 0 Å². The van der Waals surface area contributed by atoms with E-state index in [2.05, 4.69) is 10.6 Å². The molecule has 0 spiro atoms. The molecule has 1 heterocycles. The Morgan fingerprint density at radius 2 is 2.13 bits per heavy atom. The number of carbonyl (C=O) groups is 1. The van der Waals surface area contributed by atoms with Crippen LogP contribution >= 0.6 is 0 Å². The summed E-state index contributed by atoms with van der Waals surface area (Å²) in [7, 11) is 0. The highest BCUT2D eigenvalue weighted by molar-refractivity contribution is 5.75. The van der Waals surface area contributed by atoms with E-state index in [-0.39, 0.29) is 5.91 Å². The summed E-state index contributed by atoms with van der Waals surface area (Å²) in [6.07, 6.45) is 8.20. The molecule has 1 saturated heterocycles. The quantitative estimate of drug-likeness (QED) is 0.721. The number of hydrogen-bond donors (Lipinski definition) is 2. The maximum Gasteiger partial charge on any atom is 0.220 e. The predicted octanol–water partition coefficient (Wildman–Crippen LogP) is 1.43. The van der Waals surface area contributed by atoms with E-state index in [1.165, 1.54) is 32.1 Å². The molecule has 0 aromatic heterocycles. The molecule has 2 fully saturated rings. The molecular formula is C12H22N2O. The van der Waals surface area contributed by atoms with Crippen molar-refractivity contribution in [2.75, 3.05) is 13.1 Å². The van der Waals surface area contributed by atoms with Crippen LogP contribution in [-0.4, -0.2) is 25.0 Å². The molecule has 0 aromatic carbocycles. The number of carbonyl (C=O) groups excluding carboxylic acids is 1. The van der Waals surface area contributed by atoms with Crippen LogP contribution in [0, 0.1) is 5.92 Å². The van der Waals surface area contributed by atoms with Crippen molar-refractivity contribution in [2.45, 2.75) is 51.0 Å². The maximum atomic E-state index is 11.5. The van der Waals surface area contributed by atoms with Gasteiger partial charge in [0.25, 0.3) is 0 Å². The van der Waals surface area contributed by atoms with E-state index in [0.717, 1.165) is 25.4 Å². The maximum absolute atomic E-state index is 11.5. The van der Waals surface area contributed by atoms with E-state index in [9.17, 15) is 4.79 Å². The van der Waals surface area contributed by atoms with Crippen molar-refractivity contribution in [1.29, 1.82) is 0 Å². The van der Waals surface area contributed by atoms with Crippen LogP contribution in [0.15, 0.2) is 0 Å². The number of rotatable bonds is 5. The lowest BCUT2D eigenvalue weighted by atomic mass is 9.85. The van der Waals surface area contributed by atoms with E-state index in [0.29, 0.717) is 12.5 Å². The first-order valence-electron chi connectivity index (χ1n) is 6.34. The second-order valence-corrected chi connectivity index (χ2v) is 4.93. The molecule has 0 radical (unpaired) electrons. The lowest BCUT2D eigenvalue weighted by Crippen LogP contribution is -2.33. The van der Waals surface area contributed by atoms with Gasteiger partial charge in [0.1, 0.15) is 0 Å². The molecule has 15 heavy (non-hydrogen) atoms. The second-order valence-electron chi connectivity index (χ2n) is 4.93. The molecule has 3 heteroatoms. The Hall–Kier alpha value is -0.570. The van der Waals surface area contributed by atoms with Crippen LogP contribution in [0.4, 0.5) is 0 Å². The van der Waals surface area contributed by atoms with E-state index in [1.807, 2.05) is 0 Å². The van der Waals surface area contributed by atoms with Crippen molar-refractivity contribution in [3.05, 3.63) is 0 Å². The SMILES string of the molecule is O=C(CCC1CCCN1)NCC1CCC1. The zero-order valence-corrected chi connectivity index (χ0v) is 9.43. The van der Waals surface area contributed by atoms with Crippen molar-refractivity contribution in [3.63, 3.8) is 0 Å². The van der Waals surface area contributed by atoms with Gasteiger partial charge in [0.15, 0.2) is 0 Å². The van der Waals surface area contributed by atoms with Gasteiger partial charge in [-0.2, -0.15) is 0 Å². The minimum absolute atomic E-state index is 0.246. The summed E-state index contributed by atoms with van der Waals surface area (Å²) in [5.41, 5.74) is 0. The highest BCUT2D eigenvalue weighted by atomic mass is 16.1. The van der Waals surface area contributed by atoms with Crippen LogP contribution in [0.25, 0.3) is 0 Å². The summed E-state index contributed by atoms with van der Waals surface area (Å²) in [5.74, 6) is 1.02. The van der Waals surface area contributed by atoms with E-state index in [4.69, 9.17) is 0 Å². The first kappa shape index (κ1) is 10.9. The van der Waals surface area contributed by atoms with E-state index in [1.54, 1.807) is 0 Å². The Morgan fingerprint density at radius 3 is 2.73 bits per heavy atom. The molecule has 86 valence electrons. The largest absolute Gasteiger partial charge is 0.356 e. The van der Waals surface area contributed by atoms with Crippen LogP contribution in [0.1, 0.15) is 44.9 Å². The topological polar surface area (TPSA) is 41.1 Å². The lowest BCUT2D eigenvalue weighted by molar-refractivity contribution is -0.121. The Labute approximate surface area is 92.0 Å². The standard InChI is InChI=1S/C12H22N2O/c15-12(14-9-10-3-1-4-10)7-6-11-5-2-8-13-11/h10-11,13H,1-9H2,(H,14,15). The van der Waals surface area contributed by atoms with Crippen molar-refractivity contribution in [2.24, 2.45) is 5.92 Å². The minimum Gasteiger partial charge on any atom is -0.356 e. The molecule has 1 atom stereocenters. The Bertz CT molecular complexity index is 208. The Kier molecular flexibility index (Phi) is 4.01. The summed E-state index contributed by atoms with van der Waals surface area (Å²) >= 11 is 0. The molecule has 1 saturated carbocycles. The number of hydrogen-bond acceptors (Lipinski definition) is 2. The molecule has 1 amide bonds. The fourth-order valence-corrected chi connectivity index (χ4v) is 2.35. The molecule has 2 N–H and O–H groups in total. The number of amides is 1. The highest BCUT2D eigenvalue weighted by Gasteiger charge is 2.19. The summed E-state index contributed by atoms with van der Waals surface area (Å²) in [6.45, 7) is 2.05. The lowest BCUT2D eigenvalue weighted by Gasteiger charge is -2.25. The van der Waals surface area contributed by atoms with Crippen LogP contribution in [-0.2, 0) is 4.79 Å². The normalized spacial score (nSPS) is 26.3. The van der Waals surface area contributed by atoms with E-state index >= 15 is 0 Å². The van der Waals surface area contributed by atoms with Gasteiger partial charge in [-0.15, -0.1) is 0 Å². The van der Waals surface area contributed by atoms with Gasteiger partial charge < -0.3 is 10.6 Å². The summed E-state index contributed by atoms with van der Waals surface area (Å²) < 4.78 is 0. The van der Waals surface area contributed by atoms with Gasteiger partial charge in [0.05, 0.1) is 0 Å². The molecule has 0 aromatic rings. The van der Waals surface area contributed by atoms with Gasteiger partial charge in [-0.1, -0.05) is 6.42 Å². The average molecular weight is 210 g/mol. The van der Waals surface area contributed by atoms with Crippen molar-refractivity contribution in [3.8, 4) is 0 Å². The second kappa shape index (κ2) is 5.50. The van der Waals surface area contributed by atoms with Crippen molar-refractivity contribution >= 4 is 5.91 Å². The van der Waals surface area contributed by atoms with Crippen LogP contribution in [0.5, 0.6) is 0 Å². The highest BCUT2D eigenvalue weighted by Crippen LogP contribution is 2.25.